The summed E-state index contributed by atoms with van der Waals surface area (Å²) < 4.78 is 0. The average molecular weight is 712 g/mol. The van der Waals surface area contributed by atoms with Crippen molar-refractivity contribution in [1.82, 2.24) is 0 Å². The molecule has 9 rings (SSSR count). The molecule has 0 N–H and O–H groups in total. The Kier molecular flexibility index (Phi) is 7.89. The average Bonchev–Trinajstić information content (AvgIpc) is 3.55. The number of para-hydroxylation sites is 2. The Morgan fingerprint density at radius 2 is 0.800 bits per heavy atom. The van der Waals surface area contributed by atoms with Crippen LogP contribution in [0.5, 0.6) is 0 Å². The summed E-state index contributed by atoms with van der Waals surface area (Å²) in [7, 11) is 0. The van der Waals surface area contributed by atoms with Gasteiger partial charge in [-0.05, 0) is 173 Å². The van der Waals surface area contributed by atoms with Crippen molar-refractivity contribution in [2.45, 2.75) is 59.3 Å². The first kappa shape index (κ1) is 34.4. The van der Waals surface area contributed by atoms with Gasteiger partial charge in [0.05, 0.1) is 11.6 Å². The van der Waals surface area contributed by atoms with Gasteiger partial charge in [-0.2, -0.15) is 5.26 Å². The van der Waals surface area contributed by atoms with Crippen molar-refractivity contribution in [3.8, 4) is 28.3 Å². The molecule has 0 saturated heterocycles. The summed E-state index contributed by atoms with van der Waals surface area (Å²) in [5.41, 5.74) is 21.6. The Labute approximate surface area is 325 Å². The van der Waals surface area contributed by atoms with Crippen LogP contribution in [0.25, 0.3) is 22.3 Å². The van der Waals surface area contributed by atoms with Gasteiger partial charge in [-0.3, -0.25) is 0 Å². The van der Waals surface area contributed by atoms with Crippen LogP contribution in [0.1, 0.15) is 72.2 Å². The minimum absolute atomic E-state index is 0.198. The van der Waals surface area contributed by atoms with Gasteiger partial charge >= 0.3 is 0 Å². The van der Waals surface area contributed by atoms with E-state index < -0.39 is 0 Å². The molecule has 0 saturated carbocycles. The molecule has 0 bridgehead atoms. The third-order valence-corrected chi connectivity index (χ3v) is 12.1. The topological polar surface area (TPSA) is 30.3 Å². The van der Waals surface area contributed by atoms with E-state index in [1.165, 1.54) is 66.9 Å². The molecular formula is C52H45N3. The van der Waals surface area contributed by atoms with Crippen LogP contribution >= 0.6 is 0 Å². The lowest BCUT2D eigenvalue weighted by molar-refractivity contribution is 0.652. The first-order chi connectivity index (χ1) is 26.5. The fraction of sp³-hybridized carbons (Fsp3) is 0.173. The lowest BCUT2D eigenvalue weighted by atomic mass is 9.79. The van der Waals surface area contributed by atoms with Gasteiger partial charge in [-0.1, -0.05) is 81.8 Å². The van der Waals surface area contributed by atoms with Crippen molar-refractivity contribution in [1.29, 1.82) is 5.26 Å². The van der Waals surface area contributed by atoms with Crippen molar-refractivity contribution in [3.63, 3.8) is 0 Å². The molecule has 0 atom stereocenters. The highest BCUT2D eigenvalue weighted by molar-refractivity contribution is 5.94. The summed E-state index contributed by atoms with van der Waals surface area (Å²) in [5.74, 6) is 0. The van der Waals surface area contributed by atoms with Gasteiger partial charge in [-0.25, -0.2) is 0 Å². The van der Waals surface area contributed by atoms with Crippen molar-refractivity contribution < 1.29 is 0 Å². The lowest BCUT2D eigenvalue weighted by Gasteiger charge is -2.29. The molecule has 3 nitrogen and oxygen atoms in total. The van der Waals surface area contributed by atoms with Gasteiger partial charge in [0, 0.05) is 45.0 Å². The van der Waals surface area contributed by atoms with Crippen molar-refractivity contribution in [2.24, 2.45) is 0 Å². The predicted octanol–water partition coefficient (Wildman–Crippen LogP) is 14.0. The smallest absolute Gasteiger partial charge is 0.0991 e. The first-order valence-electron chi connectivity index (χ1n) is 19.2. The second-order valence-electron chi connectivity index (χ2n) is 16.4. The lowest BCUT2D eigenvalue weighted by Crippen LogP contribution is -2.18. The van der Waals surface area contributed by atoms with Crippen LogP contribution in [0.2, 0.25) is 0 Å². The molecular weight excluding hydrogens is 667 g/mol. The van der Waals surface area contributed by atoms with Crippen LogP contribution < -0.4 is 9.80 Å². The van der Waals surface area contributed by atoms with Gasteiger partial charge in [0.1, 0.15) is 0 Å². The fourth-order valence-corrected chi connectivity index (χ4v) is 9.26. The number of hydrogen-bond donors (Lipinski definition) is 0. The van der Waals surface area contributed by atoms with Crippen LogP contribution in [-0.4, -0.2) is 0 Å². The Morgan fingerprint density at radius 1 is 0.418 bits per heavy atom. The number of anilines is 6. The summed E-state index contributed by atoms with van der Waals surface area (Å²) in [5, 5.41) is 9.51. The molecule has 55 heavy (non-hydrogen) atoms. The molecule has 3 heteroatoms. The molecule has 2 aliphatic rings. The van der Waals surface area contributed by atoms with E-state index in [-0.39, 0.29) is 10.8 Å². The molecule has 0 radical (unpaired) electrons. The molecule has 0 spiro atoms. The van der Waals surface area contributed by atoms with Gasteiger partial charge in [0.15, 0.2) is 0 Å². The van der Waals surface area contributed by atoms with Gasteiger partial charge in [0.2, 0.25) is 0 Å². The molecule has 7 aromatic rings. The molecule has 0 unspecified atom stereocenters. The quantitative estimate of drug-likeness (QED) is 0.172. The van der Waals surface area contributed by atoms with Crippen LogP contribution in [0.15, 0.2) is 146 Å². The van der Waals surface area contributed by atoms with E-state index >= 15 is 0 Å². The highest BCUT2D eigenvalue weighted by Gasteiger charge is 2.43. The second-order valence-corrected chi connectivity index (χ2v) is 16.4. The van der Waals surface area contributed by atoms with Crippen LogP contribution in [0.4, 0.5) is 34.1 Å². The summed E-state index contributed by atoms with van der Waals surface area (Å²) in [6.07, 6.45) is 0. The van der Waals surface area contributed by atoms with Gasteiger partial charge in [-0.15, -0.1) is 0 Å². The monoisotopic (exact) mass is 711 g/mol. The van der Waals surface area contributed by atoms with Gasteiger partial charge in [0.25, 0.3) is 0 Å². The van der Waals surface area contributed by atoms with E-state index in [4.69, 9.17) is 0 Å². The summed E-state index contributed by atoms with van der Waals surface area (Å²) in [6, 6.07) is 54.9. The van der Waals surface area contributed by atoms with E-state index in [0.29, 0.717) is 5.56 Å². The van der Waals surface area contributed by atoms with Crippen LogP contribution in [0, 0.1) is 32.1 Å². The van der Waals surface area contributed by atoms with Crippen molar-refractivity contribution in [2.75, 3.05) is 9.80 Å². The zero-order valence-electron chi connectivity index (χ0n) is 32.7. The highest BCUT2D eigenvalue weighted by Crippen LogP contribution is 2.59. The summed E-state index contributed by atoms with van der Waals surface area (Å²) in [4.78, 5) is 4.70. The van der Waals surface area contributed by atoms with E-state index in [9.17, 15) is 5.26 Å². The fourth-order valence-electron chi connectivity index (χ4n) is 9.26. The van der Waals surface area contributed by atoms with Crippen LogP contribution in [0.3, 0.4) is 0 Å². The third kappa shape index (κ3) is 5.39. The van der Waals surface area contributed by atoms with E-state index in [1.807, 2.05) is 24.3 Å². The van der Waals surface area contributed by atoms with Crippen molar-refractivity contribution >= 4 is 34.1 Å². The Hall–Kier alpha value is -6.37. The number of aryl methyl sites for hydroxylation is 3. The molecule has 0 amide bonds. The minimum Gasteiger partial charge on any atom is -0.310 e. The second kappa shape index (κ2) is 12.6. The Balaban J connectivity index is 1.18. The normalized spacial score (nSPS) is 14.0. The van der Waals surface area contributed by atoms with E-state index in [2.05, 4.69) is 186 Å². The molecule has 0 aromatic heterocycles. The maximum Gasteiger partial charge on any atom is 0.0991 e. The summed E-state index contributed by atoms with van der Waals surface area (Å²) in [6.45, 7) is 16.3. The molecule has 0 aliphatic heterocycles. The standard InChI is InChI=1S/C52H45N3/c1-33-18-22-39(23-19-33)54(37-14-10-8-11-15-37)41-26-34(2)49-43-30-46-44(31-45(43)51(4,5)47(49)28-41)50-35(3)27-42(29-48(50)52(46,6)7)55(38-16-12-9-13-17-38)40-24-20-36(32-53)21-25-40/h8-31H,1-7H3. The maximum absolute atomic E-state index is 9.51. The third-order valence-electron chi connectivity index (χ3n) is 12.1. The molecule has 0 fully saturated rings. The van der Waals surface area contributed by atoms with Gasteiger partial charge < -0.3 is 9.80 Å². The summed E-state index contributed by atoms with van der Waals surface area (Å²) >= 11 is 0. The van der Waals surface area contributed by atoms with Crippen LogP contribution in [-0.2, 0) is 10.8 Å². The maximum atomic E-state index is 9.51. The highest BCUT2D eigenvalue weighted by atomic mass is 15.1. The number of nitrogens with zero attached hydrogens (tertiary/aromatic N) is 3. The Bertz CT molecular complexity index is 2660. The SMILES string of the molecule is Cc1ccc(N(c2ccccc2)c2cc(C)c3c(c2)C(C)(C)c2cc4c(cc2-3)C(C)(C)c2cc(N(c3ccccc3)c3ccc(C#N)cc3)cc(C)c2-4)cc1. The molecule has 268 valence electrons. The predicted molar refractivity (Wildman–Crippen MR) is 230 cm³/mol. The van der Waals surface area contributed by atoms with E-state index in [1.54, 1.807) is 0 Å². The zero-order chi connectivity index (χ0) is 38.2. The number of fused-ring (bicyclic) bond motifs is 6. The zero-order valence-corrected chi connectivity index (χ0v) is 32.7. The molecule has 0 heterocycles. The molecule has 2 aliphatic carbocycles. The number of rotatable bonds is 6. The number of nitriles is 1. The van der Waals surface area contributed by atoms with Crippen molar-refractivity contribution in [3.05, 3.63) is 190 Å². The first-order valence-corrected chi connectivity index (χ1v) is 19.2. The number of benzene rings is 7. The molecule has 7 aromatic carbocycles. The van der Waals surface area contributed by atoms with E-state index in [0.717, 1.165) is 28.4 Å². The Morgan fingerprint density at radius 3 is 1.20 bits per heavy atom. The minimum atomic E-state index is -0.218. The number of hydrogen-bond acceptors (Lipinski definition) is 3. The largest absolute Gasteiger partial charge is 0.310 e.